The third kappa shape index (κ3) is 4.97. The Labute approximate surface area is 147 Å². The molecule has 0 radical (unpaired) electrons. The second-order valence-electron chi connectivity index (χ2n) is 5.43. The summed E-state index contributed by atoms with van der Waals surface area (Å²) in [5, 5.41) is 13.9. The van der Waals surface area contributed by atoms with E-state index >= 15 is 0 Å². The summed E-state index contributed by atoms with van der Waals surface area (Å²) in [5.41, 5.74) is 4.75. The molecule has 6 heteroatoms. The van der Waals surface area contributed by atoms with E-state index in [4.69, 9.17) is 9.47 Å². The standard InChI is InChI=1S/C19H22N2O4/c1-4-24-16-10-6-9-15(18(16)23)11-20-21-17(22)12-25-19-13(2)7-5-8-14(19)3/h5-11,23H,4,12H2,1-3H3,(H,21,22)/b20-11+. The molecule has 0 aliphatic heterocycles. The van der Waals surface area contributed by atoms with E-state index < -0.39 is 0 Å². The van der Waals surface area contributed by atoms with Crippen LogP contribution >= 0.6 is 0 Å². The van der Waals surface area contributed by atoms with Gasteiger partial charge in [0.05, 0.1) is 12.8 Å². The predicted molar refractivity (Wildman–Crippen MR) is 96.4 cm³/mol. The van der Waals surface area contributed by atoms with E-state index in [0.717, 1.165) is 11.1 Å². The predicted octanol–water partition coefficient (Wildman–Crippen LogP) is 2.94. The zero-order chi connectivity index (χ0) is 18.2. The number of carbonyl (C=O) groups excluding carboxylic acids is 1. The fraction of sp³-hybridized carbons (Fsp3) is 0.263. The molecule has 0 aliphatic rings. The molecule has 6 nitrogen and oxygen atoms in total. The van der Waals surface area contributed by atoms with E-state index in [9.17, 15) is 9.90 Å². The molecule has 0 unspecified atom stereocenters. The quantitative estimate of drug-likeness (QED) is 0.599. The number of hydrogen-bond acceptors (Lipinski definition) is 5. The van der Waals surface area contributed by atoms with Crippen LogP contribution in [0.25, 0.3) is 0 Å². The minimum atomic E-state index is -0.389. The number of rotatable bonds is 7. The highest BCUT2D eigenvalue weighted by molar-refractivity contribution is 5.86. The molecular weight excluding hydrogens is 320 g/mol. The van der Waals surface area contributed by atoms with Crippen molar-refractivity contribution in [3.8, 4) is 17.2 Å². The zero-order valence-electron chi connectivity index (χ0n) is 14.6. The Kier molecular flexibility index (Phi) is 6.39. The maximum atomic E-state index is 11.8. The molecule has 0 saturated heterocycles. The molecule has 2 rings (SSSR count). The highest BCUT2D eigenvalue weighted by Gasteiger charge is 2.08. The molecule has 0 aliphatic carbocycles. The van der Waals surface area contributed by atoms with Crippen LogP contribution in [0, 0.1) is 13.8 Å². The number of benzene rings is 2. The summed E-state index contributed by atoms with van der Waals surface area (Å²) in [6.45, 7) is 5.98. The van der Waals surface area contributed by atoms with Gasteiger partial charge in [-0.1, -0.05) is 24.3 Å². The molecule has 25 heavy (non-hydrogen) atoms. The van der Waals surface area contributed by atoms with Gasteiger partial charge in [-0.05, 0) is 44.0 Å². The molecule has 1 amide bonds. The van der Waals surface area contributed by atoms with Crippen molar-refractivity contribution in [1.82, 2.24) is 5.43 Å². The van der Waals surface area contributed by atoms with Gasteiger partial charge < -0.3 is 14.6 Å². The normalized spacial score (nSPS) is 10.7. The van der Waals surface area contributed by atoms with E-state index in [-0.39, 0.29) is 18.3 Å². The second-order valence-corrected chi connectivity index (χ2v) is 5.43. The van der Waals surface area contributed by atoms with Gasteiger partial charge in [-0.3, -0.25) is 4.79 Å². The maximum absolute atomic E-state index is 11.8. The van der Waals surface area contributed by atoms with Gasteiger partial charge in [-0.25, -0.2) is 5.43 Å². The van der Waals surface area contributed by atoms with Gasteiger partial charge in [0.15, 0.2) is 18.1 Å². The lowest BCUT2D eigenvalue weighted by Gasteiger charge is -2.10. The van der Waals surface area contributed by atoms with Crippen LogP contribution in [-0.4, -0.2) is 30.4 Å². The maximum Gasteiger partial charge on any atom is 0.277 e. The van der Waals surface area contributed by atoms with Gasteiger partial charge in [0.1, 0.15) is 5.75 Å². The molecule has 0 fully saturated rings. The Balaban J connectivity index is 1.92. The van der Waals surface area contributed by atoms with Crippen molar-refractivity contribution in [2.45, 2.75) is 20.8 Å². The van der Waals surface area contributed by atoms with Crippen molar-refractivity contribution in [2.75, 3.05) is 13.2 Å². The summed E-state index contributed by atoms with van der Waals surface area (Å²) in [5.74, 6) is 0.660. The number of phenolic OH excluding ortho intramolecular Hbond substituents is 1. The Hall–Kier alpha value is -3.02. The fourth-order valence-electron chi connectivity index (χ4n) is 2.29. The van der Waals surface area contributed by atoms with E-state index in [1.54, 1.807) is 18.2 Å². The van der Waals surface area contributed by atoms with Crippen molar-refractivity contribution in [1.29, 1.82) is 0 Å². The first kappa shape index (κ1) is 18.3. The fourth-order valence-corrected chi connectivity index (χ4v) is 2.29. The summed E-state index contributed by atoms with van der Waals surface area (Å²) >= 11 is 0. The van der Waals surface area contributed by atoms with Gasteiger partial charge in [-0.2, -0.15) is 5.10 Å². The highest BCUT2D eigenvalue weighted by Crippen LogP contribution is 2.28. The number of ether oxygens (including phenoxy) is 2. The number of aryl methyl sites for hydroxylation is 2. The summed E-state index contributed by atoms with van der Waals surface area (Å²) < 4.78 is 10.8. The molecule has 132 valence electrons. The number of hydrogen-bond donors (Lipinski definition) is 2. The molecule has 0 aromatic heterocycles. The first-order chi connectivity index (χ1) is 12.0. The van der Waals surface area contributed by atoms with E-state index in [1.165, 1.54) is 6.21 Å². The third-order valence-electron chi connectivity index (χ3n) is 3.48. The van der Waals surface area contributed by atoms with Crippen LogP contribution < -0.4 is 14.9 Å². The first-order valence-electron chi connectivity index (χ1n) is 7.98. The van der Waals surface area contributed by atoms with Gasteiger partial charge in [0.25, 0.3) is 5.91 Å². The number of nitrogens with zero attached hydrogens (tertiary/aromatic N) is 1. The van der Waals surface area contributed by atoms with E-state index in [2.05, 4.69) is 10.5 Å². The minimum absolute atomic E-state index is 0.0193. The van der Waals surface area contributed by atoms with Crippen LogP contribution in [0.2, 0.25) is 0 Å². The molecule has 2 aromatic rings. The van der Waals surface area contributed by atoms with Gasteiger partial charge in [0.2, 0.25) is 0 Å². The van der Waals surface area contributed by atoms with Crippen molar-refractivity contribution in [3.05, 3.63) is 53.1 Å². The molecule has 0 heterocycles. The average molecular weight is 342 g/mol. The molecule has 0 bridgehead atoms. The van der Waals surface area contributed by atoms with Crippen LogP contribution in [0.15, 0.2) is 41.5 Å². The Morgan fingerprint density at radius 2 is 1.84 bits per heavy atom. The Morgan fingerprint density at radius 3 is 2.52 bits per heavy atom. The van der Waals surface area contributed by atoms with E-state index in [1.807, 2.05) is 39.0 Å². The molecule has 2 N–H and O–H groups in total. The number of amides is 1. The van der Waals surface area contributed by atoms with Crippen LogP contribution in [-0.2, 0) is 4.79 Å². The number of phenols is 1. The van der Waals surface area contributed by atoms with Crippen molar-refractivity contribution < 1.29 is 19.4 Å². The Bertz CT molecular complexity index is 752. The number of carbonyl (C=O) groups is 1. The van der Waals surface area contributed by atoms with Crippen LogP contribution in [0.5, 0.6) is 17.2 Å². The highest BCUT2D eigenvalue weighted by atomic mass is 16.5. The molecule has 2 aromatic carbocycles. The lowest BCUT2D eigenvalue weighted by molar-refractivity contribution is -0.123. The number of para-hydroxylation sites is 2. The van der Waals surface area contributed by atoms with Gasteiger partial charge in [-0.15, -0.1) is 0 Å². The smallest absolute Gasteiger partial charge is 0.277 e. The lowest BCUT2D eigenvalue weighted by Crippen LogP contribution is -2.25. The monoisotopic (exact) mass is 342 g/mol. The largest absolute Gasteiger partial charge is 0.504 e. The number of hydrazone groups is 1. The first-order valence-corrected chi connectivity index (χ1v) is 7.98. The number of nitrogens with one attached hydrogen (secondary N) is 1. The zero-order valence-corrected chi connectivity index (χ0v) is 14.6. The molecular formula is C19H22N2O4. The molecule has 0 saturated carbocycles. The van der Waals surface area contributed by atoms with Crippen LogP contribution in [0.4, 0.5) is 0 Å². The average Bonchev–Trinajstić information content (AvgIpc) is 2.58. The van der Waals surface area contributed by atoms with Crippen LogP contribution in [0.3, 0.4) is 0 Å². The minimum Gasteiger partial charge on any atom is -0.504 e. The van der Waals surface area contributed by atoms with Gasteiger partial charge in [0, 0.05) is 5.56 Å². The van der Waals surface area contributed by atoms with Gasteiger partial charge >= 0.3 is 0 Å². The Morgan fingerprint density at radius 1 is 1.16 bits per heavy atom. The molecule has 0 atom stereocenters. The molecule has 0 spiro atoms. The van der Waals surface area contributed by atoms with Crippen LogP contribution in [0.1, 0.15) is 23.6 Å². The number of aromatic hydroxyl groups is 1. The third-order valence-corrected chi connectivity index (χ3v) is 3.48. The van der Waals surface area contributed by atoms with Crippen molar-refractivity contribution in [2.24, 2.45) is 5.10 Å². The van der Waals surface area contributed by atoms with Crippen molar-refractivity contribution >= 4 is 12.1 Å². The second kappa shape index (κ2) is 8.73. The van der Waals surface area contributed by atoms with Crippen molar-refractivity contribution in [3.63, 3.8) is 0 Å². The summed E-state index contributed by atoms with van der Waals surface area (Å²) in [6.07, 6.45) is 1.36. The van der Waals surface area contributed by atoms with E-state index in [0.29, 0.717) is 23.7 Å². The SMILES string of the molecule is CCOc1cccc(/C=N/NC(=O)COc2c(C)cccc2C)c1O. The summed E-state index contributed by atoms with van der Waals surface area (Å²) in [7, 11) is 0. The topological polar surface area (TPSA) is 80.2 Å². The summed E-state index contributed by atoms with van der Waals surface area (Å²) in [6, 6.07) is 10.8. The lowest BCUT2D eigenvalue weighted by atomic mass is 10.1. The summed E-state index contributed by atoms with van der Waals surface area (Å²) in [4.78, 5) is 11.8.